The summed E-state index contributed by atoms with van der Waals surface area (Å²) in [5.41, 5.74) is 1.71. The Morgan fingerprint density at radius 1 is 1.15 bits per heavy atom. The molecule has 178 valence electrons. The third-order valence-corrected chi connectivity index (χ3v) is 6.14. The van der Waals surface area contributed by atoms with Gasteiger partial charge in [-0.15, -0.1) is 0 Å². The van der Waals surface area contributed by atoms with E-state index in [-0.39, 0.29) is 48.4 Å². The first-order chi connectivity index (χ1) is 15.9. The monoisotopic (exact) mass is 458 g/mol. The molecule has 0 radical (unpaired) electrons. The topological polar surface area (TPSA) is 125 Å². The van der Waals surface area contributed by atoms with Crippen molar-refractivity contribution < 1.29 is 19.8 Å². The highest BCUT2D eigenvalue weighted by atomic mass is 16.3. The van der Waals surface area contributed by atoms with Crippen LogP contribution in [0.25, 0.3) is 0 Å². The van der Waals surface area contributed by atoms with Crippen molar-refractivity contribution in [3.05, 3.63) is 68.5 Å². The molecule has 2 aliphatic rings. The first-order valence-corrected chi connectivity index (χ1v) is 10.9. The normalized spacial score (nSPS) is 18.8. The van der Waals surface area contributed by atoms with Crippen molar-refractivity contribution in [3.63, 3.8) is 0 Å². The second-order valence-electron chi connectivity index (χ2n) is 8.57. The number of nitrogens with zero attached hydrogens (tertiary/aromatic N) is 4. The van der Waals surface area contributed by atoms with Gasteiger partial charge in [-0.2, -0.15) is 0 Å². The number of hydrogen-bond acceptors (Lipinski definition) is 6. The second-order valence-corrected chi connectivity index (χ2v) is 8.57. The average molecular weight is 459 g/mol. The Bertz CT molecular complexity index is 1070. The van der Waals surface area contributed by atoms with Gasteiger partial charge in [0.1, 0.15) is 6.54 Å². The van der Waals surface area contributed by atoms with Crippen molar-refractivity contribution in [1.82, 2.24) is 18.9 Å². The third-order valence-electron chi connectivity index (χ3n) is 6.14. The van der Waals surface area contributed by atoms with Crippen LogP contribution in [0, 0.1) is 5.92 Å². The van der Waals surface area contributed by atoms with E-state index in [0.29, 0.717) is 32.7 Å². The fourth-order valence-corrected chi connectivity index (χ4v) is 4.66. The van der Waals surface area contributed by atoms with E-state index in [4.69, 9.17) is 15.0 Å². The number of carbonyl (C=O) groups is 2. The summed E-state index contributed by atoms with van der Waals surface area (Å²) in [4.78, 5) is 49.3. The standard InChI is InChI=1S/C22H28N4O4.CH2O2/c1-23(8-9-27)13-17-2-3-20-18-10-16(12-26(20)22(17)30)11-25(14-18)21(29)15-24-6-4-19(28)5-7-24;2-1-3/h2-7,16,18,27H,8-15H2,1H3;1H,(H,2,3)/t16-,18+;/m0./s1. The minimum absolute atomic E-state index is 0.0337. The van der Waals surface area contributed by atoms with E-state index in [0.717, 1.165) is 17.7 Å². The van der Waals surface area contributed by atoms with Gasteiger partial charge in [0, 0.05) is 74.4 Å². The largest absolute Gasteiger partial charge is 0.483 e. The number of rotatable bonds is 6. The van der Waals surface area contributed by atoms with Gasteiger partial charge in [-0.3, -0.25) is 24.1 Å². The second kappa shape index (κ2) is 11.1. The number of carbonyl (C=O) groups excluding carboxylic acids is 1. The van der Waals surface area contributed by atoms with Crippen LogP contribution in [0.3, 0.4) is 0 Å². The Kier molecular flexibility index (Phi) is 8.18. The summed E-state index contributed by atoms with van der Waals surface area (Å²) in [5, 5.41) is 16.0. The summed E-state index contributed by atoms with van der Waals surface area (Å²) in [6.45, 7) is 2.95. The van der Waals surface area contributed by atoms with Gasteiger partial charge < -0.3 is 24.2 Å². The minimum atomic E-state index is -0.250. The van der Waals surface area contributed by atoms with Gasteiger partial charge in [0.05, 0.1) is 6.61 Å². The van der Waals surface area contributed by atoms with Crippen molar-refractivity contribution in [2.75, 3.05) is 33.3 Å². The molecule has 4 rings (SSSR count). The van der Waals surface area contributed by atoms with Gasteiger partial charge in [-0.25, -0.2) is 0 Å². The van der Waals surface area contributed by atoms with Gasteiger partial charge in [-0.05, 0) is 25.5 Å². The van der Waals surface area contributed by atoms with Crippen molar-refractivity contribution in [2.24, 2.45) is 5.92 Å². The average Bonchev–Trinajstić information content (AvgIpc) is 2.78. The van der Waals surface area contributed by atoms with E-state index in [1.807, 2.05) is 33.5 Å². The minimum Gasteiger partial charge on any atom is -0.483 e. The zero-order valence-corrected chi connectivity index (χ0v) is 18.7. The maximum atomic E-state index is 13.0. The molecule has 10 heteroatoms. The molecule has 4 heterocycles. The van der Waals surface area contributed by atoms with E-state index in [2.05, 4.69) is 0 Å². The molecule has 0 aliphatic carbocycles. The SMILES string of the molecule is CN(CCO)Cc1ccc2n(c1=O)C[C@H]1C[C@@H]2CN(C(=O)Cn2ccc(=O)cc2)C1.O=CO. The smallest absolute Gasteiger partial charge is 0.290 e. The van der Waals surface area contributed by atoms with Crippen LogP contribution in [0.5, 0.6) is 0 Å². The number of carboxylic acid groups (broad SMARTS) is 1. The summed E-state index contributed by atoms with van der Waals surface area (Å²) in [6.07, 6.45) is 4.26. The van der Waals surface area contributed by atoms with Crippen LogP contribution in [0.15, 0.2) is 46.2 Å². The molecule has 2 bridgehead atoms. The molecule has 1 fully saturated rings. The molecule has 1 saturated heterocycles. The van der Waals surface area contributed by atoms with Gasteiger partial charge in [0.2, 0.25) is 5.91 Å². The summed E-state index contributed by atoms with van der Waals surface area (Å²) >= 11 is 0. The molecular formula is C23H30N4O6. The van der Waals surface area contributed by atoms with E-state index in [1.165, 1.54) is 12.1 Å². The first-order valence-electron chi connectivity index (χ1n) is 10.9. The first kappa shape index (κ1) is 24.4. The van der Waals surface area contributed by atoms with Crippen LogP contribution < -0.4 is 11.0 Å². The quantitative estimate of drug-likeness (QED) is 0.574. The molecular weight excluding hydrogens is 428 g/mol. The van der Waals surface area contributed by atoms with Crippen molar-refractivity contribution in [3.8, 4) is 0 Å². The van der Waals surface area contributed by atoms with Crippen molar-refractivity contribution >= 4 is 12.4 Å². The molecule has 0 spiro atoms. The summed E-state index contributed by atoms with van der Waals surface area (Å²) < 4.78 is 3.62. The molecule has 2 aliphatic heterocycles. The number of likely N-dealkylation sites (N-methyl/N-ethyl adjacent to an activating group) is 1. The maximum Gasteiger partial charge on any atom is 0.290 e. The van der Waals surface area contributed by atoms with Crippen LogP contribution >= 0.6 is 0 Å². The number of pyridine rings is 2. The lowest BCUT2D eigenvalue weighted by molar-refractivity contribution is -0.134. The van der Waals surface area contributed by atoms with Gasteiger partial charge in [0.25, 0.3) is 12.0 Å². The molecule has 10 nitrogen and oxygen atoms in total. The number of aliphatic hydroxyl groups is 1. The number of amides is 1. The Morgan fingerprint density at radius 3 is 2.52 bits per heavy atom. The molecule has 0 saturated carbocycles. The predicted octanol–water partition coefficient (Wildman–Crippen LogP) is -0.219. The Balaban J connectivity index is 0.000000968. The van der Waals surface area contributed by atoms with Crippen molar-refractivity contribution in [1.29, 1.82) is 0 Å². The van der Waals surface area contributed by atoms with E-state index >= 15 is 0 Å². The molecule has 0 aromatic carbocycles. The van der Waals surface area contributed by atoms with Crippen LogP contribution in [0.4, 0.5) is 0 Å². The van der Waals surface area contributed by atoms with Gasteiger partial charge in [0.15, 0.2) is 5.43 Å². The van der Waals surface area contributed by atoms with Crippen LogP contribution in [-0.2, 0) is 29.2 Å². The predicted molar refractivity (Wildman–Crippen MR) is 121 cm³/mol. The fraction of sp³-hybridized carbons (Fsp3) is 0.478. The molecule has 33 heavy (non-hydrogen) atoms. The maximum absolute atomic E-state index is 13.0. The summed E-state index contributed by atoms with van der Waals surface area (Å²) in [5.74, 6) is 0.455. The highest BCUT2D eigenvalue weighted by Crippen LogP contribution is 2.35. The lowest BCUT2D eigenvalue weighted by Gasteiger charge is -2.43. The molecule has 0 unspecified atom stereocenters. The molecule has 2 N–H and O–H groups in total. The molecule has 2 aromatic rings. The number of fused-ring (bicyclic) bond motifs is 4. The van der Waals surface area contributed by atoms with Gasteiger partial charge >= 0.3 is 0 Å². The zero-order valence-electron chi connectivity index (χ0n) is 18.7. The number of aromatic nitrogens is 2. The lowest BCUT2D eigenvalue weighted by Crippen LogP contribution is -2.50. The Morgan fingerprint density at radius 2 is 1.85 bits per heavy atom. The number of piperidine rings is 1. The van der Waals surface area contributed by atoms with Crippen molar-refractivity contribution in [2.45, 2.75) is 32.0 Å². The number of hydrogen-bond donors (Lipinski definition) is 2. The third kappa shape index (κ3) is 5.96. The Hall–Kier alpha value is -3.24. The highest BCUT2D eigenvalue weighted by molar-refractivity contribution is 5.76. The van der Waals surface area contributed by atoms with Crippen LogP contribution in [-0.4, -0.2) is 74.8 Å². The fourth-order valence-electron chi connectivity index (χ4n) is 4.66. The Labute approximate surface area is 191 Å². The molecule has 2 aromatic heterocycles. The molecule has 2 atom stereocenters. The van der Waals surface area contributed by atoms with E-state index in [9.17, 15) is 14.4 Å². The van der Waals surface area contributed by atoms with E-state index in [1.54, 1.807) is 17.0 Å². The molecule has 1 amide bonds. The van der Waals surface area contributed by atoms with Crippen LogP contribution in [0.2, 0.25) is 0 Å². The summed E-state index contributed by atoms with van der Waals surface area (Å²) in [7, 11) is 1.89. The van der Waals surface area contributed by atoms with Gasteiger partial charge in [-0.1, -0.05) is 6.07 Å². The van der Waals surface area contributed by atoms with E-state index < -0.39 is 0 Å². The summed E-state index contributed by atoms with van der Waals surface area (Å²) in [6, 6.07) is 6.83. The van der Waals surface area contributed by atoms with Crippen LogP contribution in [0.1, 0.15) is 23.6 Å². The number of likely N-dealkylation sites (tertiary alicyclic amines) is 1. The zero-order chi connectivity index (χ0) is 24.0. The number of aliphatic hydroxyl groups excluding tert-OH is 1. The lowest BCUT2D eigenvalue weighted by atomic mass is 9.83. The highest BCUT2D eigenvalue weighted by Gasteiger charge is 2.36.